The number of carbonyl (C=O) groups is 1. The number of nitrogens with one attached hydrogen (secondary N) is 1. The summed E-state index contributed by atoms with van der Waals surface area (Å²) in [6, 6.07) is 0. The molecule has 0 bridgehead atoms. The first-order valence-corrected chi connectivity index (χ1v) is 6.81. The summed E-state index contributed by atoms with van der Waals surface area (Å²) < 4.78 is 4.62. The minimum absolute atomic E-state index is 0.187. The van der Waals surface area contributed by atoms with Gasteiger partial charge in [-0.2, -0.15) is 0 Å². The van der Waals surface area contributed by atoms with Gasteiger partial charge in [-0.1, -0.05) is 23.2 Å². The van der Waals surface area contributed by atoms with E-state index in [-0.39, 0.29) is 11.8 Å². The van der Waals surface area contributed by atoms with Crippen LogP contribution in [0.15, 0.2) is 4.63 Å². The van der Waals surface area contributed by atoms with Gasteiger partial charge in [0.25, 0.3) is 0 Å². The molecule has 0 saturated heterocycles. The summed E-state index contributed by atoms with van der Waals surface area (Å²) in [7, 11) is 0. The molecule has 2 saturated carbocycles. The molecule has 3 atom stereocenters. The molecule has 0 spiro atoms. The van der Waals surface area contributed by atoms with Crippen LogP contribution in [0.1, 0.15) is 43.5 Å². The van der Waals surface area contributed by atoms with E-state index in [2.05, 4.69) is 20.3 Å². The first kappa shape index (κ1) is 11.7. The Morgan fingerprint density at radius 3 is 3.00 bits per heavy atom. The van der Waals surface area contributed by atoms with Crippen molar-refractivity contribution in [3.8, 4) is 0 Å². The lowest BCUT2D eigenvalue weighted by atomic mass is 9.91. The predicted molar refractivity (Wildman–Crippen MR) is 64.4 cm³/mol. The Morgan fingerprint density at radius 1 is 1.33 bits per heavy atom. The summed E-state index contributed by atoms with van der Waals surface area (Å²) in [5.41, 5.74) is 1.48. The fourth-order valence-electron chi connectivity index (χ4n) is 3.60. The molecule has 1 amide bonds. The summed E-state index contributed by atoms with van der Waals surface area (Å²) in [5.74, 6) is 1.84. The number of amides is 1. The SMILES string of the molecule is Cc1nonc1CNC(=O)[C@H]1CC[C@@H]2CCC[C@@H]21. The third kappa shape index (κ3) is 2.02. The highest BCUT2D eigenvalue weighted by atomic mass is 16.6. The van der Waals surface area contributed by atoms with E-state index < -0.39 is 0 Å². The summed E-state index contributed by atoms with van der Waals surface area (Å²) >= 11 is 0. The Bertz CT molecular complexity index is 443. The first-order valence-electron chi connectivity index (χ1n) is 6.81. The highest BCUT2D eigenvalue weighted by Crippen LogP contribution is 2.47. The van der Waals surface area contributed by atoms with Crippen molar-refractivity contribution in [1.29, 1.82) is 0 Å². The van der Waals surface area contributed by atoms with Gasteiger partial charge in [-0.25, -0.2) is 4.63 Å². The molecule has 0 aliphatic heterocycles. The second kappa shape index (κ2) is 4.71. The topological polar surface area (TPSA) is 68.0 Å². The van der Waals surface area contributed by atoms with E-state index in [1.54, 1.807) is 0 Å². The Kier molecular flexibility index (Phi) is 3.06. The molecule has 1 aromatic heterocycles. The second-order valence-corrected chi connectivity index (χ2v) is 5.55. The van der Waals surface area contributed by atoms with Crippen LogP contribution in [0.3, 0.4) is 0 Å². The molecular weight excluding hydrogens is 230 g/mol. The molecule has 5 heteroatoms. The maximum Gasteiger partial charge on any atom is 0.223 e. The molecule has 18 heavy (non-hydrogen) atoms. The number of carbonyl (C=O) groups excluding carboxylic acids is 1. The van der Waals surface area contributed by atoms with Crippen LogP contribution in [0.25, 0.3) is 0 Å². The molecule has 1 heterocycles. The van der Waals surface area contributed by atoms with Crippen LogP contribution in [0.2, 0.25) is 0 Å². The van der Waals surface area contributed by atoms with Gasteiger partial charge in [0.1, 0.15) is 11.4 Å². The minimum Gasteiger partial charge on any atom is -0.350 e. The molecule has 3 rings (SSSR count). The van der Waals surface area contributed by atoms with E-state index in [1.165, 1.54) is 25.7 Å². The predicted octanol–water partition coefficient (Wildman–Crippen LogP) is 1.82. The molecular formula is C13H19N3O2. The monoisotopic (exact) mass is 249 g/mol. The van der Waals surface area contributed by atoms with Gasteiger partial charge in [-0.15, -0.1) is 0 Å². The molecule has 0 unspecified atom stereocenters. The largest absolute Gasteiger partial charge is 0.350 e. The maximum atomic E-state index is 12.2. The van der Waals surface area contributed by atoms with Crippen LogP contribution in [-0.2, 0) is 11.3 Å². The van der Waals surface area contributed by atoms with Gasteiger partial charge in [0, 0.05) is 5.92 Å². The average molecular weight is 249 g/mol. The Morgan fingerprint density at radius 2 is 2.22 bits per heavy atom. The van der Waals surface area contributed by atoms with Crippen molar-refractivity contribution in [3.05, 3.63) is 11.4 Å². The molecule has 2 aliphatic rings. The molecule has 98 valence electrons. The summed E-state index contributed by atoms with van der Waals surface area (Å²) in [6.07, 6.45) is 6.13. The van der Waals surface area contributed by atoms with Gasteiger partial charge in [0.2, 0.25) is 5.91 Å². The third-order valence-electron chi connectivity index (χ3n) is 4.60. The fraction of sp³-hybridized carbons (Fsp3) is 0.769. The summed E-state index contributed by atoms with van der Waals surface area (Å²) in [6.45, 7) is 2.27. The quantitative estimate of drug-likeness (QED) is 0.887. The Labute approximate surface area is 106 Å². The highest BCUT2D eigenvalue weighted by Gasteiger charge is 2.42. The second-order valence-electron chi connectivity index (χ2n) is 5.55. The van der Waals surface area contributed by atoms with Gasteiger partial charge in [0.05, 0.1) is 6.54 Å². The van der Waals surface area contributed by atoms with Crippen LogP contribution in [0.4, 0.5) is 0 Å². The van der Waals surface area contributed by atoms with Crippen molar-refractivity contribution in [1.82, 2.24) is 15.6 Å². The number of rotatable bonds is 3. The van der Waals surface area contributed by atoms with Crippen LogP contribution in [0, 0.1) is 24.7 Å². The van der Waals surface area contributed by atoms with Gasteiger partial charge >= 0.3 is 0 Å². The number of hydrogen-bond acceptors (Lipinski definition) is 4. The number of nitrogens with zero attached hydrogens (tertiary/aromatic N) is 2. The van der Waals surface area contributed by atoms with Crippen LogP contribution < -0.4 is 5.32 Å². The maximum absolute atomic E-state index is 12.2. The molecule has 0 radical (unpaired) electrons. The molecule has 2 fully saturated rings. The lowest BCUT2D eigenvalue weighted by Gasteiger charge is -2.17. The zero-order valence-electron chi connectivity index (χ0n) is 10.7. The Balaban J connectivity index is 1.57. The van der Waals surface area contributed by atoms with Crippen molar-refractivity contribution in [2.75, 3.05) is 0 Å². The lowest BCUT2D eigenvalue weighted by molar-refractivity contribution is -0.126. The van der Waals surface area contributed by atoms with E-state index in [4.69, 9.17) is 0 Å². The third-order valence-corrected chi connectivity index (χ3v) is 4.60. The molecule has 2 aliphatic carbocycles. The van der Waals surface area contributed by atoms with E-state index in [0.717, 1.165) is 23.7 Å². The minimum atomic E-state index is 0.187. The number of hydrogen-bond donors (Lipinski definition) is 1. The van der Waals surface area contributed by atoms with E-state index in [1.807, 2.05) is 6.92 Å². The van der Waals surface area contributed by atoms with Gasteiger partial charge in [-0.3, -0.25) is 4.79 Å². The van der Waals surface area contributed by atoms with Crippen LogP contribution in [0.5, 0.6) is 0 Å². The fourth-order valence-corrected chi connectivity index (χ4v) is 3.60. The average Bonchev–Trinajstić information content (AvgIpc) is 3.01. The van der Waals surface area contributed by atoms with Crippen molar-refractivity contribution in [2.45, 2.75) is 45.6 Å². The zero-order chi connectivity index (χ0) is 12.5. The van der Waals surface area contributed by atoms with E-state index >= 15 is 0 Å². The summed E-state index contributed by atoms with van der Waals surface area (Å²) in [5, 5.41) is 10.5. The van der Waals surface area contributed by atoms with Crippen LogP contribution in [-0.4, -0.2) is 16.2 Å². The van der Waals surface area contributed by atoms with Gasteiger partial charge in [-0.05, 0) is 38.0 Å². The Hall–Kier alpha value is -1.39. The molecule has 5 nitrogen and oxygen atoms in total. The van der Waals surface area contributed by atoms with Crippen molar-refractivity contribution in [2.24, 2.45) is 17.8 Å². The van der Waals surface area contributed by atoms with Crippen LogP contribution >= 0.6 is 0 Å². The van der Waals surface area contributed by atoms with Crippen molar-refractivity contribution < 1.29 is 9.42 Å². The molecule has 1 N–H and O–H groups in total. The van der Waals surface area contributed by atoms with Gasteiger partial charge < -0.3 is 5.32 Å². The standard InChI is InChI=1S/C13H19N3O2/c1-8-12(16-18-15-8)7-14-13(17)11-6-5-9-3-2-4-10(9)11/h9-11H,2-7H2,1H3,(H,14,17)/t9-,10-,11-/m0/s1. The molecule has 0 aromatic carbocycles. The highest BCUT2D eigenvalue weighted by molar-refractivity contribution is 5.79. The number of aryl methyl sites for hydroxylation is 1. The van der Waals surface area contributed by atoms with Crippen molar-refractivity contribution >= 4 is 5.91 Å². The van der Waals surface area contributed by atoms with Gasteiger partial charge in [0.15, 0.2) is 0 Å². The smallest absolute Gasteiger partial charge is 0.223 e. The normalized spacial score (nSPS) is 30.4. The number of fused-ring (bicyclic) bond motifs is 1. The zero-order valence-corrected chi connectivity index (χ0v) is 10.7. The first-order chi connectivity index (χ1) is 8.75. The summed E-state index contributed by atoms with van der Waals surface area (Å²) in [4.78, 5) is 12.2. The van der Waals surface area contributed by atoms with E-state index in [9.17, 15) is 4.79 Å². The van der Waals surface area contributed by atoms with E-state index in [0.29, 0.717) is 12.5 Å². The molecule has 1 aromatic rings. The lowest BCUT2D eigenvalue weighted by Crippen LogP contribution is -2.32. The number of aromatic nitrogens is 2. The van der Waals surface area contributed by atoms with Crippen molar-refractivity contribution in [3.63, 3.8) is 0 Å².